The van der Waals surface area contributed by atoms with Crippen molar-refractivity contribution in [1.29, 1.82) is 0 Å². The molecule has 0 N–H and O–H groups in total. The van der Waals surface area contributed by atoms with Crippen LogP contribution in [0.5, 0.6) is 0 Å². The van der Waals surface area contributed by atoms with Gasteiger partial charge in [0.25, 0.3) is 0 Å². The van der Waals surface area contributed by atoms with Crippen molar-refractivity contribution < 1.29 is 25.2 Å². The van der Waals surface area contributed by atoms with Crippen LogP contribution in [-0.2, 0) is 13.7 Å². The first-order valence-electron chi connectivity index (χ1n) is 8.61. The Hall–Kier alpha value is -2.29. The maximum absolute atomic E-state index is 13.4. The molecule has 0 amide bonds. The molecule has 0 aromatic heterocycles. The van der Waals surface area contributed by atoms with Crippen LogP contribution in [-0.4, -0.2) is 13.9 Å². The van der Waals surface area contributed by atoms with Gasteiger partial charge in [-0.15, -0.1) is 0 Å². The molecule has 3 rings (SSSR count). The molecule has 0 heterocycles. The molecular weight excluding hydrogens is 421 g/mol. The minimum atomic E-state index is -5.89. The van der Waals surface area contributed by atoms with E-state index in [1.807, 2.05) is 6.92 Å². The number of hydrogen-bond donors (Lipinski definition) is 0. The van der Waals surface area contributed by atoms with E-state index in [1.54, 1.807) is 85.8 Å². The van der Waals surface area contributed by atoms with Crippen molar-refractivity contribution >= 4 is 20.4 Å². The van der Waals surface area contributed by atoms with Gasteiger partial charge in [-0.2, -0.15) is 25.2 Å². The number of hydrogen-bond acceptors (Lipinski definition) is 3. The highest BCUT2D eigenvalue weighted by molar-refractivity contribution is 8.33. The topological polar surface area (TPSA) is 43.4 Å². The molecule has 3 aromatic rings. The standard InChI is InChI=1S/C21H19F3O3S2/c1-16-13-14-20(17(2)15-16)28(18-9-5-3-6-10-18,19-11-7-4-8-12-19)27-29(25,26)21(22,23)24/h3-15H,1-2H3. The molecule has 3 aromatic carbocycles. The van der Waals surface area contributed by atoms with Crippen molar-refractivity contribution in [3.05, 3.63) is 90.0 Å². The zero-order valence-corrected chi connectivity index (χ0v) is 17.3. The van der Waals surface area contributed by atoms with E-state index in [0.29, 0.717) is 20.2 Å². The van der Waals surface area contributed by atoms with Crippen LogP contribution >= 0.6 is 10.3 Å². The van der Waals surface area contributed by atoms with Gasteiger partial charge in [-0.25, -0.2) is 0 Å². The van der Waals surface area contributed by atoms with Gasteiger partial charge in [-0.1, -0.05) is 54.1 Å². The molecule has 0 fully saturated rings. The molecule has 0 unspecified atom stereocenters. The molecule has 0 saturated carbocycles. The monoisotopic (exact) mass is 440 g/mol. The molecule has 0 atom stereocenters. The van der Waals surface area contributed by atoms with Crippen LogP contribution in [0.15, 0.2) is 93.5 Å². The largest absolute Gasteiger partial charge is 0.524 e. The smallest absolute Gasteiger partial charge is 0.200 e. The maximum atomic E-state index is 13.4. The molecule has 0 bridgehead atoms. The summed E-state index contributed by atoms with van der Waals surface area (Å²) in [4.78, 5) is 1.10. The lowest BCUT2D eigenvalue weighted by atomic mass is 10.2. The van der Waals surface area contributed by atoms with Crippen molar-refractivity contribution in [2.45, 2.75) is 34.0 Å². The average molecular weight is 441 g/mol. The maximum Gasteiger partial charge on any atom is 0.524 e. The van der Waals surface area contributed by atoms with Gasteiger partial charge in [0.2, 0.25) is 0 Å². The zero-order valence-electron chi connectivity index (χ0n) is 15.7. The van der Waals surface area contributed by atoms with Crippen molar-refractivity contribution in [3.63, 3.8) is 0 Å². The molecule has 29 heavy (non-hydrogen) atoms. The van der Waals surface area contributed by atoms with Gasteiger partial charge in [-0.05, 0) is 60.1 Å². The summed E-state index contributed by atoms with van der Waals surface area (Å²) in [5.74, 6) is 0. The minimum Gasteiger partial charge on any atom is -0.200 e. The third kappa shape index (κ3) is 4.05. The first-order valence-corrected chi connectivity index (χ1v) is 11.6. The lowest BCUT2D eigenvalue weighted by Crippen LogP contribution is -2.27. The molecule has 3 nitrogen and oxygen atoms in total. The molecule has 154 valence electrons. The van der Waals surface area contributed by atoms with Gasteiger partial charge in [0.1, 0.15) is 0 Å². The molecule has 0 aliphatic rings. The Bertz CT molecular complexity index is 1060. The molecule has 0 aliphatic carbocycles. The van der Waals surface area contributed by atoms with E-state index < -0.39 is 25.9 Å². The van der Waals surface area contributed by atoms with Crippen molar-refractivity contribution in [2.24, 2.45) is 0 Å². The van der Waals surface area contributed by atoms with Gasteiger partial charge < -0.3 is 0 Å². The third-order valence-electron chi connectivity index (χ3n) is 4.27. The molecule has 0 saturated heterocycles. The Balaban J connectivity index is 2.43. The number of benzene rings is 3. The van der Waals surface area contributed by atoms with E-state index in [0.717, 1.165) is 5.56 Å². The minimum absolute atomic E-state index is 0.353. The fourth-order valence-corrected chi connectivity index (χ4v) is 7.96. The highest BCUT2D eigenvalue weighted by atomic mass is 32.3. The first-order chi connectivity index (χ1) is 13.6. The lowest BCUT2D eigenvalue weighted by Gasteiger charge is -2.40. The number of halogens is 3. The van der Waals surface area contributed by atoms with Crippen LogP contribution in [0.1, 0.15) is 11.1 Å². The van der Waals surface area contributed by atoms with Crippen molar-refractivity contribution in [1.82, 2.24) is 0 Å². The highest BCUT2D eigenvalue weighted by Gasteiger charge is 2.52. The molecule has 0 radical (unpaired) electrons. The predicted molar refractivity (Wildman–Crippen MR) is 107 cm³/mol. The second-order valence-corrected chi connectivity index (χ2v) is 10.8. The van der Waals surface area contributed by atoms with E-state index >= 15 is 0 Å². The van der Waals surface area contributed by atoms with Gasteiger partial charge in [-0.3, -0.25) is 0 Å². The summed E-state index contributed by atoms with van der Waals surface area (Å²) in [7, 11) is -9.12. The molecular formula is C21H19F3O3S2. The average Bonchev–Trinajstić information content (AvgIpc) is 2.67. The molecule has 0 spiro atoms. The molecule has 0 aliphatic heterocycles. The number of alkyl halides is 3. The zero-order chi connectivity index (χ0) is 21.3. The Kier molecular flexibility index (Phi) is 5.80. The summed E-state index contributed by atoms with van der Waals surface area (Å²) >= 11 is 0. The van der Waals surface area contributed by atoms with E-state index in [9.17, 15) is 21.6 Å². The van der Waals surface area contributed by atoms with E-state index in [-0.39, 0.29) is 0 Å². The van der Waals surface area contributed by atoms with Crippen LogP contribution in [0.2, 0.25) is 0 Å². The third-order valence-corrected chi connectivity index (χ3v) is 9.32. The van der Waals surface area contributed by atoms with Crippen LogP contribution < -0.4 is 0 Å². The highest BCUT2D eigenvalue weighted by Crippen LogP contribution is 2.71. The fourth-order valence-electron chi connectivity index (χ4n) is 3.02. The Morgan fingerprint density at radius 3 is 1.66 bits per heavy atom. The van der Waals surface area contributed by atoms with Crippen LogP contribution in [0.25, 0.3) is 0 Å². The Labute approximate surface area is 169 Å². The number of aryl methyl sites for hydroxylation is 2. The van der Waals surface area contributed by atoms with Gasteiger partial charge in [0.05, 0.1) is 0 Å². The first kappa shape index (κ1) is 21.4. The van der Waals surface area contributed by atoms with E-state index in [1.165, 1.54) is 0 Å². The van der Waals surface area contributed by atoms with Crippen molar-refractivity contribution in [3.8, 4) is 0 Å². The summed E-state index contributed by atoms with van der Waals surface area (Å²) in [5, 5.41) is 0. The number of rotatable bonds is 5. The van der Waals surface area contributed by atoms with E-state index in [2.05, 4.69) is 0 Å². The second kappa shape index (κ2) is 7.85. The summed E-state index contributed by atoms with van der Waals surface area (Å²) in [6, 6.07) is 21.5. The van der Waals surface area contributed by atoms with Crippen molar-refractivity contribution in [2.75, 3.05) is 0 Å². The summed E-state index contributed by atoms with van der Waals surface area (Å²) in [6.07, 6.45) is 0. The normalized spacial score (nSPS) is 13.3. The summed E-state index contributed by atoms with van der Waals surface area (Å²) < 4.78 is 69.8. The van der Waals surface area contributed by atoms with Crippen LogP contribution in [0, 0.1) is 13.8 Å². The fraction of sp³-hybridized carbons (Fsp3) is 0.143. The van der Waals surface area contributed by atoms with Gasteiger partial charge in [0.15, 0.2) is 0 Å². The SMILES string of the molecule is Cc1ccc(S(OS(=O)(=O)C(F)(F)F)(c2ccccc2)c2ccccc2)c(C)c1. The van der Waals surface area contributed by atoms with E-state index in [4.69, 9.17) is 3.63 Å². The Morgan fingerprint density at radius 2 is 1.24 bits per heavy atom. The Morgan fingerprint density at radius 1 is 0.759 bits per heavy atom. The van der Waals surface area contributed by atoms with Gasteiger partial charge >= 0.3 is 15.6 Å². The predicted octanol–water partition coefficient (Wildman–Crippen LogP) is 6.37. The summed E-state index contributed by atoms with van der Waals surface area (Å²) in [6.45, 7) is 3.59. The lowest BCUT2D eigenvalue weighted by molar-refractivity contribution is -0.0496. The quantitative estimate of drug-likeness (QED) is 0.433. The second-order valence-electron chi connectivity index (χ2n) is 6.42. The van der Waals surface area contributed by atoms with Crippen LogP contribution in [0.4, 0.5) is 13.2 Å². The summed E-state index contributed by atoms with van der Waals surface area (Å²) in [5.41, 5.74) is -4.00. The molecule has 8 heteroatoms. The van der Waals surface area contributed by atoms with Gasteiger partial charge in [0, 0.05) is 14.7 Å². The van der Waals surface area contributed by atoms with Crippen LogP contribution in [0.3, 0.4) is 0 Å².